The van der Waals surface area contributed by atoms with Crippen molar-refractivity contribution < 1.29 is 0 Å². The van der Waals surface area contributed by atoms with Gasteiger partial charge in [-0.05, 0) is 12.5 Å². The highest BCUT2D eigenvalue weighted by Gasteiger charge is 1.91. The van der Waals surface area contributed by atoms with Crippen LogP contribution in [0.4, 0.5) is 0 Å². The van der Waals surface area contributed by atoms with Crippen LogP contribution in [-0.2, 0) is 0 Å². The lowest BCUT2D eigenvalue weighted by molar-refractivity contribution is 0.898. The first-order valence-corrected chi connectivity index (χ1v) is 6.21. The second-order valence-electron chi connectivity index (χ2n) is 3.17. The van der Waals surface area contributed by atoms with Gasteiger partial charge in [-0.15, -0.1) is 22.1 Å². The van der Waals surface area contributed by atoms with Crippen molar-refractivity contribution >= 4 is 40.1 Å². The normalized spacial score (nSPS) is 11.5. The third kappa shape index (κ3) is 7.93. The molecule has 0 fully saturated rings. The van der Waals surface area contributed by atoms with Gasteiger partial charge in [0.1, 0.15) is 0 Å². The van der Waals surface area contributed by atoms with Gasteiger partial charge in [0.15, 0.2) is 5.17 Å². The van der Waals surface area contributed by atoms with Crippen LogP contribution >= 0.6 is 28.7 Å². The van der Waals surface area contributed by atoms with Crippen molar-refractivity contribution in [2.24, 2.45) is 15.9 Å². The van der Waals surface area contributed by atoms with E-state index in [2.05, 4.69) is 22.1 Å². The molecule has 0 aliphatic heterocycles. The molecule has 4 nitrogen and oxygen atoms in total. The lowest BCUT2D eigenvalue weighted by atomic mass is 10.3. The molecule has 1 aromatic heterocycles. The number of thioether (sulfide) groups is 1. The van der Waals surface area contributed by atoms with E-state index in [9.17, 15) is 0 Å². The summed E-state index contributed by atoms with van der Waals surface area (Å²) in [4.78, 5) is 3.97. The summed E-state index contributed by atoms with van der Waals surface area (Å²) in [5.41, 5.74) is 6.58. The molecule has 6 heteroatoms. The Bertz CT molecular complexity index is 354. The van der Waals surface area contributed by atoms with Crippen LogP contribution in [0.1, 0.15) is 25.3 Å². The maximum atomic E-state index is 5.66. The van der Waals surface area contributed by atoms with Crippen LogP contribution in [0.15, 0.2) is 34.7 Å². The Labute approximate surface area is 117 Å². The Morgan fingerprint density at radius 1 is 1.59 bits per heavy atom. The van der Waals surface area contributed by atoms with E-state index in [1.165, 1.54) is 18.2 Å². The van der Waals surface area contributed by atoms with Crippen LogP contribution in [0.5, 0.6) is 0 Å². The summed E-state index contributed by atoms with van der Waals surface area (Å²) in [7, 11) is 0. The molecule has 0 unspecified atom stereocenters. The highest BCUT2D eigenvalue weighted by Crippen LogP contribution is 2.04. The van der Waals surface area contributed by atoms with Crippen molar-refractivity contribution in [2.45, 2.75) is 19.8 Å². The Balaban J connectivity index is 0.00000256. The van der Waals surface area contributed by atoms with Gasteiger partial charge in [0, 0.05) is 23.7 Å². The van der Waals surface area contributed by atoms with Crippen molar-refractivity contribution in [3.63, 3.8) is 0 Å². The predicted octanol–water partition coefficient (Wildman–Crippen LogP) is 2.84. The van der Waals surface area contributed by atoms with E-state index in [1.807, 2.05) is 12.1 Å². The summed E-state index contributed by atoms with van der Waals surface area (Å²) < 4.78 is 0. The average molecular weight is 317 g/mol. The Hall–Kier alpha value is -0.880. The van der Waals surface area contributed by atoms with Gasteiger partial charge in [-0.25, -0.2) is 0 Å². The fourth-order valence-corrected chi connectivity index (χ4v) is 1.70. The molecule has 94 valence electrons. The summed E-state index contributed by atoms with van der Waals surface area (Å²) in [6.45, 7) is 2.15. The van der Waals surface area contributed by atoms with Crippen molar-refractivity contribution in [2.75, 3.05) is 5.75 Å². The van der Waals surface area contributed by atoms with Crippen LogP contribution < -0.4 is 5.73 Å². The number of hydrogen-bond donors (Lipinski definition) is 1. The molecular formula is C11H17BrN4S. The van der Waals surface area contributed by atoms with E-state index in [-0.39, 0.29) is 17.0 Å². The van der Waals surface area contributed by atoms with Crippen LogP contribution in [0.2, 0.25) is 0 Å². The number of nitrogens with zero attached hydrogens (tertiary/aromatic N) is 3. The molecule has 0 radical (unpaired) electrons. The minimum absolute atomic E-state index is 0. The van der Waals surface area contributed by atoms with E-state index < -0.39 is 0 Å². The van der Waals surface area contributed by atoms with Crippen molar-refractivity contribution in [3.05, 3.63) is 30.1 Å². The summed E-state index contributed by atoms with van der Waals surface area (Å²) in [6.07, 6.45) is 7.39. The standard InChI is InChI=1S/C11H16N4S.BrH/c1-2-3-7-16-11(12)15-14-9-10-5-4-6-13-8-10;/h4-6,8-9H,2-3,7H2,1H3,(H2,12,15);1H/b14-9+;. The zero-order chi connectivity index (χ0) is 11.6. The zero-order valence-corrected chi connectivity index (χ0v) is 12.3. The van der Waals surface area contributed by atoms with Crippen molar-refractivity contribution in [3.8, 4) is 0 Å². The first kappa shape index (κ1) is 16.1. The van der Waals surface area contributed by atoms with Gasteiger partial charge < -0.3 is 5.73 Å². The summed E-state index contributed by atoms with van der Waals surface area (Å²) in [6, 6.07) is 3.76. The Morgan fingerprint density at radius 2 is 2.41 bits per heavy atom. The van der Waals surface area contributed by atoms with Crippen molar-refractivity contribution in [1.82, 2.24) is 4.98 Å². The molecule has 0 atom stereocenters. The molecule has 0 amide bonds. The second kappa shape index (κ2) is 10.3. The molecule has 0 spiro atoms. The smallest absolute Gasteiger partial charge is 0.180 e. The molecular weight excluding hydrogens is 300 g/mol. The van der Waals surface area contributed by atoms with Gasteiger partial charge in [-0.2, -0.15) is 5.10 Å². The number of amidine groups is 1. The number of unbranched alkanes of at least 4 members (excludes halogenated alkanes) is 1. The molecule has 0 saturated carbocycles. The van der Waals surface area contributed by atoms with E-state index in [4.69, 9.17) is 5.73 Å². The summed E-state index contributed by atoms with van der Waals surface area (Å²) in [5, 5.41) is 8.30. The third-order valence-electron chi connectivity index (χ3n) is 1.80. The van der Waals surface area contributed by atoms with Crippen LogP contribution in [0.3, 0.4) is 0 Å². The lowest BCUT2D eigenvalue weighted by Crippen LogP contribution is -2.06. The number of rotatable bonds is 5. The number of pyridine rings is 1. The molecule has 17 heavy (non-hydrogen) atoms. The number of halogens is 1. The van der Waals surface area contributed by atoms with Crippen LogP contribution in [0.25, 0.3) is 0 Å². The van der Waals surface area contributed by atoms with Gasteiger partial charge in [0.05, 0.1) is 6.21 Å². The van der Waals surface area contributed by atoms with Crippen LogP contribution in [-0.4, -0.2) is 22.1 Å². The molecule has 0 aromatic carbocycles. The van der Waals surface area contributed by atoms with Crippen LogP contribution in [0, 0.1) is 0 Å². The SMILES string of the molecule is Br.CCCCS/C(N)=N\N=C\c1cccnc1. The maximum Gasteiger partial charge on any atom is 0.180 e. The molecule has 0 bridgehead atoms. The quantitative estimate of drug-likeness (QED) is 0.393. The van der Waals surface area contributed by atoms with Gasteiger partial charge in [-0.3, -0.25) is 4.98 Å². The first-order chi connectivity index (χ1) is 7.83. The minimum atomic E-state index is 0. The summed E-state index contributed by atoms with van der Waals surface area (Å²) in [5.74, 6) is 0.994. The minimum Gasteiger partial charge on any atom is -0.377 e. The predicted molar refractivity (Wildman–Crippen MR) is 81.1 cm³/mol. The second-order valence-corrected chi connectivity index (χ2v) is 4.29. The highest BCUT2D eigenvalue weighted by atomic mass is 79.9. The van der Waals surface area contributed by atoms with E-state index in [1.54, 1.807) is 18.6 Å². The van der Waals surface area contributed by atoms with Gasteiger partial charge in [0.2, 0.25) is 0 Å². The molecule has 0 aliphatic rings. The van der Waals surface area contributed by atoms with Crippen molar-refractivity contribution in [1.29, 1.82) is 0 Å². The fraction of sp³-hybridized carbons (Fsp3) is 0.364. The molecule has 0 saturated heterocycles. The third-order valence-corrected chi connectivity index (χ3v) is 2.67. The maximum absolute atomic E-state index is 5.66. The summed E-state index contributed by atoms with van der Waals surface area (Å²) >= 11 is 1.53. The topological polar surface area (TPSA) is 63.6 Å². The number of nitrogens with two attached hydrogens (primary N) is 1. The monoisotopic (exact) mass is 316 g/mol. The van der Waals surface area contributed by atoms with E-state index >= 15 is 0 Å². The lowest BCUT2D eigenvalue weighted by Gasteiger charge is -1.95. The number of hydrogen-bond acceptors (Lipinski definition) is 4. The molecule has 1 rings (SSSR count). The van der Waals surface area contributed by atoms with Gasteiger partial charge in [0.25, 0.3) is 0 Å². The van der Waals surface area contributed by atoms with E-state index in [0.717, 1.165) is 17.7 Å². The molecule has 2 N–H and O–H groups in total. The molecule has 1 aromatic rings. The first-order valence-electron chi connectivity index (χ1n) is 5.22. The van der Waals surface area contributed by atoms with E-state index in [0.29, 0.717) is 5.17 Å². The molecule has 1 heterocycles. The van der Waals surface area contributed by atoms with Gasteiger partial charge >= 0.3 is 0 Å². The largest absolute Gasteiger partial charge is 0.377 e. The Kier molecular flexibility index (Phi) is 9.75. The number of aromatic nitrogens is 1. The average Bonchev–Trinajstić information content (AvgIpc) is 2.31. The highest BCUT2D eigenvalue weighted by molar-refractivity contribution is 8.93. The molecule has 0 aliphatic carbocycles. The fourth-order valence-electron chi connectivity index (χ4n) is 0.955. The zero-order valence-electron chi connectivity index (χ0n) is 9.74. The van der Waals surface area contributed by atoms with Gasteiger partial charge in [-0.1, -0.05) is 31.2 Å². The Morgan fingerprint density at radius 3 is 3.06 bits per heavy atom.